The highest BCUT2D eigenvalue weighted by Crippen LogP contribution is 2.35. The van der Waals surface area contributed by atoms with E-state index in [1.807, 2.05) is 24.4 Å². The van der Waals surface area contributed by atoms with Crippen LogP contribution in [0.15, 0.2) is 53.1 Å². The molecule has 0 N–H and O–H groups in total. The maximum Gasteiger partial charge on any atom is 0.227 e. The molecule has 5 aromatic rings. The second kappa shape index (κ2) is 5.43. The van der Waals surface area contributed by atoms with Crippen LogP contribution in [0.4, 0.5) is 0 Å². The van der Waals surface area contributed by atoms with Crippen LogP contribution in [-0.4, -0.2) is 14.5 Å². The van der Waals surface area contributed by atoms with E-state index in [0.717, 1.165) is 46.2 Å². The van der Waals surface area contributed by atoms with E-state index in [-0.39, 0.29) is 0 Å². The van der Waals surface area contributed by atoms with E-state index in [4.69, 9.17) is 9.40 Å². The van der Waals surface area contributed by atoms with Gasteiger partial charge in [-0.25, -0.2) is 9.97 Å². The molecule has 0 radical (unpaired) electrons. The van der Waals surface area contributed by atoms with Gasteiger partial charge in [-0.3, -0.25) is 0 Å². The fourth-order valence-electron chi connectivity index (χ4n) is 4.41. The third-order valence-electron chi connectivity index (χ3n) is 5.84. The van der Waals surface area contributed by atoms with Crippen molar-refractivity contribution in [2.24, 2.45) is 7.05 Å². The van der Waals surface area contributed by atoms with Gasteiger partial charge in [0.2, 0.25) is 5.71 Å². The number of pyridine rings is 1. The van der Waals surface area contributed by atoms with Crippen molar-refractivity contribution in [3.63, 3.8) is 0 Å². The minimum atomic E-state index is 0.704. The number of para-hydroxylation sites is 2. The quantitative estimate of drug-likeness (QED) is 0.404. The first kappa shape index (κ1) is 15.0. The topological polar surface area (TPSA) is 43.9 Å². The maximum atomic E-state index is 6.06. The molecule has 1 aliphatic carbocycles. The van der Waals surface area contributed by atoms with Crippen molar-refractivity contribution in [2.75, 3.05) is 0 Å². The summed E-state index contributed by atoms with van der Waals surface area (Å²) in [5.74, 6) is 0.929. The predicted molar refractivity (Wildman–Crippen MR) is 108 cm³/mol. The van der Waals surface area contributed by atoms with Crippen molar-refractivity contribution in [1.82, 2.24) is 14.5 Å². The summed E-state index contributed by atoms with van der Waals surface area (Å²) in [7, 11) is 2.05. The molecule has 4 heteroatoms. The number of aromatic nitrogens is 3. The van der Waals surface area contributed by atoms with Gasteiger partial charge in [0.15, 0.2) is 0 Å². The standard InChI is InChI=1S/C23H19N3O/c1-26-20-9-5-4-8-19(20)25-22(26)16-11-18-17-10-14-6-2-3-7-15(14)12-21(17)27-23(18)24-13-16/h4-5,8-13H,2-3,6-7H2,1H3. The lowest BCUT2D eigenvalue weighted by atomic mass is 9.90. The summed E-state index contributed by atoms with van der Waals surface area (Å²) in [4.78, 5) is 9.43. The van der Waals surface area contributed by atoms with Crippen molar-refractivity contribution >= 4 is 33.1 Å². The summed E-state index contributed by atoms with van der Waals surface area (Å²) in [5, 5.41) is 2.24. The summed E-state index contributed by atoms with van der Waals surface area (Å²) in [6.45, 7) is 0. The zero-order chi connectivity index (χ0) is 18.0. The Bertz CT molecular complexity index is 1340. The molecule has 0 unspecified atom stereocenters. The van der Waals surface area contributed by atoms with Gasteiger partial charge in [-0.1, -0.05) is 12.1 Å². The number of rotatable bonds is 1. The van der Waals surface area contributed by atoms with E-state index in [9.17, 15) is 0 Å². The monoisotopic (exact) mass is 353 g/mol. The Balaban J connectivity index is 1.60. The third kappa shape index (κ3) is 2.16. The number of hydrogen-bond acceptors (Lipinski definition) is 3. The molecular weight excluding hydrogens is 334 g/mol. The van der Waals surface area contributed by atoms with Crippen LogP contribution in [0.25, 0.3) is 44.5 Å². The minimum absolute atomic E-state index is 0.704. The largest absolute Gasteiger partial charge is 0.438 e. The molecular formula is C23H19N3O. The Kier molecular flexibility index (Phi) is 3.01. The third-order valence-corrected chi connectivity index (χ3v) is 5.84. The molecule has 0 spiro atoms. The molecule has 132 valence electrons. The van der Waals surface area contributed by atoms with Gasteiger partial charge in [-0.05, 0) is 67.1 Å². The average molecular weight is 353 g/mol. The number of benzene rings is 2. The average Bonchev–Trinajstić information content (AvgIpc) is 3.23. The fourth-order valence-corrected chi connectivity index (χ4v) is 4.41. The minimum Gasteiger partial charge on any atom is -0.438 e. The molecule has 27 heavy (non-hydrogen) atoms. The van der Waals surface area contributed by atoms with Crippen molar-refractivity contribution < 1.29 is 4.42 Å². The van der Waals surface area contributed by atoms with Crippen LogP contribution in [0.2, 0.25) is 0 Å². The van der Waals surface area contributed by atoms with Crippen LogP contribution in [0.3, 0.4) is 0 Å². The molecule has 3 heterocycles. The van der Waals surface area contributed by atoms with E-state index in [1.54, 1.807) is 0 Å². The van der Waals surface area contributed by atoms with Gasteiger partial charge in [0.1, 0.15) is 11.4 Å². The second-order valence-electron chi connectivity index (χ2n) is 7.49. The fraction of sp³-hybridized carbons (Fsp3) is 0.217. The number of hydrogen-bond donors (Lipinski definition) is 0. The van der Waals surface area contributed by atoms with E-state index < -0.39 is 0 Å². The van der Waals surface area contributed by atoms with Crippen molar-refractivity contribution in [1.29, 1.82) is 0 Å². The van der Waals surface area contributed by atoms with Crippen LogP contribution < -0.4 is 0 Å². The van der Waals surface area contributed by atoms with Crippen LogP contribution >= 0.6 is 0 Å². The molecule has 0 amide bonds. The van der Waals surface area contributed by atoms with Crippen LogP contribution in [0, 0.1) is 0 Å². The normalized spacial score (nSPS) is 14.3. The highest BCUT2D eigenvalue weighted by molar-refractivity contribution is 6.05. The Morgan fingerprint density at radius 1 is 0.963 bits per heavy atom. The van der Waals surface area contributed by atoms with Gasteiger partial charge >= 0.3 is 0 Å². The molecule has 0 fully saturated rings. The van der Waals surface area contributed by atoms with Crippen LogP contribution in [0.1, 0.15) is 24.0 Å². The Labute approximate surface area is 156 Å². The SMILES string of the molecule is Cn1c(-c2cnc3oc4cc5c(cc4c3c2)CCCC5)nc2ccccc21. The molecule has 0 saturated heterocycles. The smallest absolute Gasteiger partial charge is 0.227 e. The molecule has 2 aromatic carbocycles. The molecule has 3 aromatic heterocycles. The predicted octanol–water partition coefficient (Wildman–Crippen LogP) is 5.41. The molecule has 4 nitrogen and oxygen atoms in total. The van der Waals surface area contributed by atoms with Crippen LogP contribution in [-0.2, 0) is 19.9 Å². The zero-order valence-corrected chi connectivity index (χ0v) is 15.2. The number of aryl methyl sites for hydroxylation is 3. The summed E-state index contributed by atoms with van der Waals surface area (Å²) in [5.41, 5.74) is 7.68. The summed E-state index contributed by atoms with van der Waals surface area (Å²) in [6.07, 6.45) is 6.73. The summed E-state index contributed by atoms with van der Waals surface area (Å²) in [6, 6.07) is 14.9. The lowest BCUT2D eigenvalue weighted by Gasteiger charge is -2.14. The highest BCUT2D eigenvalue weighted by Gasteiger charge is 2.17. The molecule has 6 rings (SSSR count). The van der Waals surface area contributed by atoms with E-state index >= 15 is 0 Å². The second-order valence-corrected chi connectivity index (χ2v) is 7.49. The number of fused-ring (bicyclic) bond motifs is 5. The maximum absolute atomic E-state index is 6.06. The zero-order valence-electron chi connectivity index (χ0n) is 15.2. The lowest BCUT2D eigenvalue weighted by Crippen LogP contribution is -2.01. The first-order valence-electron chi connectivity index (χ1n) is 9.54. The van der Waals surface area contributed by atoms with Crippen molar-refractivity contribution in [3.8, 4) is 11.4 Å². The van der Waals surface area contributed by atoms with Gasteiger partial charge in [0.05, 0.1) is 11.0 Å². The van der Waals surface area contributed by atoms with Crippen molar-refractivity contribution in [3.05, 3.63) is 59.8 Å². The lowest BCUT2D eigenvalue weighted by molar-refractivity contribution is 0.648. The molecule has 1 aliphatic rings. The van der Waals surface area contributed by atoms with Crippen LogP contribution in [0.5, 0.6) is 0 Å². The van der Waals surface area contributed by atoms with E-state index in [1.165, 1.54) is 29.4 Å². The number of furan rings is 1. The Hall–Kier alpha value is -3.14. The number of imidazole rings is 1. The first-order valence-corrected chi connectivity index (χ1v) is 9.54. The summed E-state index contributed by atoms with van der Waals surface area (Å²) >= 11 is 0. The Morgan fingerprint density at radius 3 is 2.63 bits per heavy atom. The molecule has 0 saturated carbocycles. The van der Waals surface area contributed by atoms with E-state index in [2.05, 4.69) is 40.9 Å². The van der Waals surface area contributed by atoms with Gasteiger partial charge in [0.25, 0.3) is 0 Å². The van der Waals surface area contributed by atoms with Gasteiger partial charge in [-0.2, -0.15) is 0 Å². The molecule has 0 atom stereocenters. The number of nitrogens with zero attached hydrogens (tertiary/aromatic N) is 3. The van der Waals surface area contributed by atoms with Gasteiger partial charge < -0.3 is 8.98 Å². The van der Waals surface area contributed by atoms with Gasteiger partial charge in [0, 0.05) is 29.6 Å². The summed E-state index contributed by atoms with van der Waals surface area (Å²) < 4.78 is 8.19. The molecule has 0 bridgehead atoms. The molecule has 0 aliphatic heterocycles. The van der Waals surface area contributed by atoms with E-state index in [0.29, 0.717) is 5.71 Å². The first-order chi connectivity index (χ1) is 13.3. The Morgan fingerprint density at radius 2 is 1.78 bits per heavy atom. The van der Waals surface area contributed by atoms with Crippen molar-refractivity contribution in [2.45, 2.75) is 25.7 Å². The van der Waals surface area contributed by atoms with Gasteiger partial charge in [-0.15, -0.1) is 0 Å². The highest BCUT2D eigenvalue weighted by atomic mass is 16.3.